The van der Waals surface area contributed by atoms with E-state index in [4.69, 9.17) is 17.0 Å². The fourth-order valence-corrected chi connectivity index (χ4v) is 5.50. The van der Waals surface area contributed by atoms with Crippen LogP contribution in [-0.4, -0.2) is 63.9 Å². The monoisotopic (exact) mass is 441 g/mol. The molecule has 2 fully saturated rings. The van der Waals surface area contributed by atoms with E-state index in [1.54, 1.807) is 0 Å². The molecule has 31 heavy (non-hydrogen) atoms. The minimum atomic E-state index is 0.0539. The van der Waals surface area contributed by atoms with Crippen molar-refractivity contribution in [1.82, 2.24) is 24.7 Å². The van der Waals surface area contributed by atoms with Crippen molar-refractivity contribution in [2.75, 3.05) is 39.4 Å². The van der Waals surface area contributed by atoms with Crippen molar-refractivity contribution in [3.8, 4) is 0 Å². The standard InChI is InChI=1S/C24H35N5OS/c1-17(2)29-18(3)16-20(19(29)4)23-22(21-8-5-6-9-25-21)26-24(31)28(23)11-7-10-27-12-14-30-15-13-27/h5-6,8-9,16-17,22-23H,7,10-15H2,1-4H3,(H,26,31)/t22-,23-/m0/s1. The molecule has 2 aromatic heterocycles. The number of aryl methyl sites for hydroxylation is 1. The molecule has 2 aliphatic rings. The first-order valence-corrected chi connectivity index (χ1v) is 11.8. The molecule has 6 nitrogen and oxygen atoms in total. The molecule has 7 heteroatoms. The van der Waals surface area contributed by atoms with Crippen LogP contribution in [0.3, 0.4) is 0 Å². The summed E-state index contributed by atoms with van der Waals surface area (Å²) in [5.74, 6) is 0. The molecule has 0 radical (unpaired) electrons. The number of nitrogens with one attached hydrogen (secondary N) is 1. The van der Waals surface area contributed by atoms with Gasteiger partial charge < -0.3 is 19.5 Å². The van der Waals surface area contributed by atoms with Gasteiger partial charge in [-0.05, 0) is 70.1 Å². The Hall–Kier alpha value is -1.96. The number of hydrogen-bond acceptors (Lipinski definition) is 4. The molecule has 0 saturated carbocycles. The minimum absolute atomic E-state index is 0.0539. The summed E-state index contributed by atoms with van der Waals surface area (Å²) in [5.41, 5.74) is 5.01. The number of pyridine rings is 1. The van der Waals surface area contributed by atoms with Crippen molar-refractivity contribution in [1.29, 1.82) is 0 Å². The van der Waals surface area contributed by atoms with E-state index in [2.05, 4.69) is 70.6 Å². The summed E-state index contributed by atoms with van der Waals surface area (Å²) < 4.78 is 7.92. The van der Waals surface area contributed by atoms with Gasteiger partial charge in [-0.3, -0.25) is 9.88 Å². The highest BCUT2D eigenvalue weighted by atomic mass is 32.1. The summed E-state index contributed by atoms with van der Waals surface area (Å²) in [4.78, 5) is 9.56. The Morgan fingerprint density at radius 1 is 1.19 bits per heavy atom. The summed E-state index contributed by atoms with van der Waals surface area (Å²) in [6, 6.07) is 9.10. The number of hydrogen-bond donors (Lipinski definition) is 1. The highest BCUT2D eigenvalue weighted by Gasteiger charge is 2.41. The van der Waals surface area contributed by atoms with Crippen molar-refractivity contribution in [3.05, 3.63) is 53.1 Å². The molecule has 0 unspecified atom stereocenters. The smallest absolute Gasteiger partial charge is 0.170 e. The van der Waals surface area contributed by atoms with E-state index >= 15 is 0 Å². The summed E-state index contributed by atoms with van der Waals surface area (Å²) in [6.07, 6.45) is 2.95. The van der Waals surface area contributed by atoms with Gasteiger partial charge in [0.2, 0.25) is 0 Å². The van der Waals surface area contributed by atoms with Crippen LogP contribution in [0.25, 0.3) is 0 Å². The van der Waals surface area contributed by atoms with Crippen molar-refractivity contribution in [2.45, 2.75) is 52.2 Å². The molecule has 0 amide bonds. The first kappa shape index (κ1) is 22.2. The van der Waals surface area contributed by atoms with E-state index < -0.39 is 0 Å². The lowest BCUT2D eigenvalue weighted by molar-refractivity contribution is 0.0365. The molecule has 0 spiro atoms. The highest BCUT2D eigenvalue weighted by Crippen LogP contribution is 2.41. The maximum atomic E-state index is 5.85. The van der Waals surface area contributed by atoms with E-state index in [9.17, 15) is 0 Å². The summed E-state index contributed by atoms with van der Waals surface area (Å²) >= 11 is 5.85. The highest BCUT2D eigenvalue weighted by molar-refractivity contribution is 7.80. The fourth-order valence-electron chi connectivity index (χ4n) is 5.17. The van der Waals surface area contributed by atoms with Gasteiger partial charge in [-0.2, -0.15) is 0 Å². The molecule has 2 saturated heterocycles. The normalized spacial score (nSPS) is 22.4. The predicted molar refractivity (Wildman–Crippen MR) is 128 cm³/mol. The maximum Gasteiger partial charge on any atom is 0.170 e. The van der Waals surface area contributed by atoms with Gasteiger partial charge in [0.05, 0.1) is 31.0 Å². The van der Waals surface area contributed by atoms with Crippen molar-refractivity contribution in [2.24, 2.45) is 0 Å². The van der Waals surface area contributed by atoms with Crippen LogP contribution in [0.1, 0.15) is 61.0 Å². The molecular weight excluding hydrogens is 406 g/mol. The van der Waals surface area contributed by atoms with E-state index in [0.717, 1.165) is 56.6 Å². The Morgan fingerprint density at radius 3 is 2.61 bits per heavy atom. The number of ether oxygens (including phenoxy) is 1. The number of rotatable bonds is 7. The summed E-state index contributed by atoms with van der Waals surface area (Å²) in [6.45, 7) is 14.7. The van der Waals surface area contributed by atoms with Crippen LogP contribution >= 0.6 is 12.2 Å². The summed E-state index contributed by atoms with van der Waals surface area (Å²) in [5, 5.41) is 4.42. The van der Waals surface area contributed by atoms with Crippen LogP contribution in [0.5, 0.6) is 0 Å². The second kappa shape index (κ2) is 9.67. The van der Waals surface area contributed by atoms with E-state index in [1.807, 2.05) is 12.3 Å². The quantitative estimate of drug-likeness (QED) is 0.660. The largest absolute Gasteiger partial charge is 0.379 e. The zero-order valence-electron chi connectivity index (χ0n) is 19.2. The molecule has 1 N–H and O–H groups in total. The Morgan fingerprint density at radius 2 is 1.97 bits per heavy atom. The van der Waals surface area contributed by atoms with Gasteiger partial charge in [-0.15, -0.1) is 0 Å². The molecule has 168 valence electrons. The average Bonchev–Trinajstić information content (AvgIpc) is 3.25. The van der Waals surface area contributed by atoms with Crippen LogP contribution in [0, 0.1) is 13.8 Å². The molecule has 4 rings (SSSR count). The van der Waals surface area contributed by atoms with Gasteiger partial charge in [0.15, 0.2) is 5.11 Å². The fraction of sp³-hybridized carbons (Fsp3) is 0.583. The Balaban J connectivity index is 1.61. The van der Waals surface area contributed by atoms with Gasteiger partial charge in [-0.1, -0.05) is 6.07 Å². The molecule has 0 bridgehead atoms. The number of aromatic nitrogens is 2. The lowest BCUT2D eigenvalue weighted by Gasteiger charge is -2.30. The molecule has 2 aromatic rings. The first-order chi connectivity index (χ1) is 15.0. The minimum Gasteiger partial charge on any atom is -0.379 e. The second-order valence-corrected chi connectivity index (χ2v) is 9.30. The zero-order valence-corrected chi connectivity index (χ0v) is 20.0. The molecular formula is C24H35N5OS. The van der Waals surface area contributed by atoms with Crippen molar-refractivity contribution >= 4 is 17.3 Å². The Labute approximate surface area is 191 Å². The van der Waals surface area contributed by atoms with Crippen LogP contribution in [0.2, 0.25) is 0 Å². The third-order valence-electron chi connectivity index (χ3n) is 6.53. The van der Waals surface area contributed by atoms with Gasteiger partial charge >= 0.3 is 0 Å². The zero-order chi connectivity index (χ0) is 22.0. The van der Waals surface area contributed by atoms with E-state index in [0.29, 0.717) is 6.04 Å². The number of thiocarbonyl (C=S) groups is 1. The Kier molecular flexibility index (Phi) is 6.94. The molecule has 2 atom stereocenters. The third-order valence-corrected chi connectivity index (χ3v) is 6.89. The maximum absolute atomic E-state index is 5.85. The number of morpholine rings is 1. The number of nitrogens with zero attached hydrogens (tertiary/aromatic N) is 4. The SMILES string of the molecule is Cc1cc([C@H]2[C@H](c3ccccn3)NC(=S)N2CCCN2CCOCC2)c(C)n1C(C)C. The van der Waals surface area contributed by atoms with Crippen LogP contribution in [0.15, 0.2) is 30.5 Å². The van der Waals surface area contributed by atoms with E-state index in [-0.39, 0.29) is 12.1 Å². The van der Waals surface area contributed by atoms with Gasteiger partial charge in [-0.25, -0.2) is 0 Å². The van der Waals surface area contributed by atoms with Crippen molar-refractivity contribution < 1.29 is 4.74 Å². The lowest BCUT2D eigenvalue weighted by Crippen LogP contribution is -2.39. The lowest BCUT2D eigenvalue weighted by atomic mass is 9.96. The average molecular weight is 442 g/mol. The first-order valence-electron chi connectivity index (χ1n) is 11.4. The van der Waals surface area contributed by atoms with Gasteiger partial charge in [0.1, 0.15) is 0 Å². The molecule has 2 aliphatic heterocycles. The second-order valence-electron chi connectivity index (χ2n) is 8.92. The van der Waals surface area contributed by atoms with E-state index in [1.165, 1.54) is 17.0 Å². The topological polar surface area (TPSA) is 45.6 Å². The van der Waals surface area contributed by atoms with Crippen LogP contribution in [0.4, 0.5) is 0 Å². The van der Waals surface area contributed by atoms with Crippen LogP contribution in [-0.2, 0) is 4.74 Å². The van der Waals surface area contributed by atoms with Gasteiger partial charge in [0, 0.05) is 49.8 Å². The summed E-state index contributed by atoms with van der Waals surface area (Å²) in [7, 11) is 0. The molecule has 0 aliphatic carbocycles. The molecule has 0 aromatic carbocycles. The van der Waals surface area contributed by atoms with Crippen LogP contribution < -0.4 is 5.32 Å². The Bertz CT molecular complexity index is 891. The third kappa shape index (κ3) is 4.64. The predicted octanol–water partition coefficient (Wildman–Crippen LogP) is 3.78. The van der Waals surface area contributed by atoms with Gasteiger partial charge in [0.25, 0.3) is 0 Å². The molecule has 4 heterocycles. The van der Waals surface area contributed by atoms with Crippen molar-refractivity contribution in [3.63, 3.8) is 0 Å².